The first kappa shape index (κ1) is 25.6. The molecule has 1 atom stereocenters. The lowest BCUT2D eigenvalue weighted by molar-refractivity contribution is -0.137. The van der Waals surface area contributed by atoms with E-state index < -0.39 is 27.6 Å². The van der Waals surface area contributed by atoms with Crippen molar-refractivity contribution in [3.8, 4) is 0 Å². The molecule has 7 nitrogen and oxygen atoms in total. The maximum atomic E-state index is 15.5. The highest BCUT2D eigenvalue weighted by Gasteiger charge is 2.37. The van der Waals surface area contributed by atoms with Crippen LogP contribution in [0.3, 0.4) is 0 Å². The Kier molecular flexibility index (Phi) is 7.23. The van der Waals surface area contributed by atoms with Gasteiger partial charge in [-0.25, -0.2) is 22.7 Å². The van der Waals surface area contributed by atoms with Crippen molar-refractivity contribution in [3.63, 3.8) is 0 Å². The zero-order chi connectivity index (χ0) is 25.4. The van der Waals surface area contributed by atoms with Gasteiger partial charge in [-0.3, -0.25) is 0 Å². The van der Waals surface area contributed by atoms with Crippen molar-refractivity contribution in [3.05, 3.63) is 47.5 Å². The molecule has 0 amide bonds. The molecule has 2 aromatic rings. The molecule has 35 heavy (non-hydrogen) atoms. The van der Waals surface area contributed by atoms with Gasteiger partial charge in [0.1, 0.15) is 6.33 Å². The summed E-state index contributed by atoms with van der Waals surface area (Å²) in [5.74, 6) is -0.252. The van der Waals surface area contributed by atoms with Gasteiger partial charge < -0.3 is 10.2 Å². The molecule has 1 unspecified atom stereocenters. The molecule has 2 fully saturated rings. The predicted octanol–water partition coefficient (Wildman–Crippen LogP) is 4.45. The maximum absolute atomic E-state index is 15.5. The average Bonchev–Trinajstić information content (AvgIpc) is 3.64. The van der Waals surface area contributed by atoms with Gasteiger partial charge in [0.15, 0.2) is 11.6 Å². The molecule has 192 valence electrons. The molecule has 0 spiro atoms. The van der Waals surface area contributed by atoms with Gasteiger partial charge in [0.05, 0.1) is 17.9 Å². The van der Waals surface area contributed by atoms with E-state index in [1.54, 1.807) is 0 Å². The van der Waals surface area contributed by atoms with E-state index in [9.17, 15) is 21.6 Å². The third kappa shape index (κ3) is 6.03. The first-order chi connectivity index (χ1) is 16.4. The second-order valence-electron chi connectivity index (χ2n) is 9.28. The van der Waals surface area contributed by atoms with Crippen LogP contribution in [0.15, 0.2) is 30.6 Å². The van der Waals surface area contributed by atoms with Crippen LogP contribution in [-0.2, 0) is 16.2 Å². The lowest BCUT2D eigenvalue weighted by Gasteiger charge is -2.32. The molecule has 1 aromatic carbocycles. The van der Waals surface area contributed by atoms with Gasteiger partial charge in [0, 0.05) is 25.7 Å². The maximum Gasteiger partial charge on any atom is 0.416 e. The van der Waals surface area contributed by atoms with E-state index in [0.29, 0.717) is 38.0 Å². The number of rotatable bonds is 8. The molecule has 0 radical (unpaired) electrons. The number of sulfonamides is 1. The first-order valence-electron chi connectivity index (χ1n) is 11.6. The van der Waals surface area contributed by atoms with Crippen molar-refractivity contribution in [2.45, 2.75) is 50.9 Å². The van der Waals surface area contributed by atoms with Crippen LogP contribution in [0.5, 0.6) is 0 Å². The SMILES string of the molecule is CC(c1ccc(C(F)(F)F)cc1)N(c1ncnc(NCC2CCN(S(C)(=O)=O)CC2)c1F)C1CC1. The number of alkyl halides is 3. The number of nitrogens with zero attached hydrogens (tertiary/aromatic N) is 4. The van der Waals surface area contributed by atoms with Gasteiger partial charge in [-0.15, -0.1) is 0 Å². The zero-order valence-electron chi connectivity index (χ0n) is 19.6. The summed E-state index contributed by atoms with van der Waals surface area (Å²) in [7, 11) is -3.21. The fraction of sp³-hybridized carbons (Fsp3) is 0.565. The Hall–Kier alpha value is -2.47. The Labute approximate surface area is 202 Å². The normalized spacial score (nSPS) is 18.9. The van der Waals surface area contributed by atoms with Crippen molar-refractivity contribution >= 4 is 21.7 Å². The zero-order valence-corrected chi connectivity index (χ0v) is 20.4. The van der Waals surface area contributed by atoms with E-state index in [2.05, 4.69) is 15.3 Å². The van der Waals surface area contributed by atoms with Crippen LogP contribution in [0.25, 0.3) is 0 Å². The molecule has 0 bridgehead atoms. The molecular weight excluding hydrogens is 486 g/mol. The number of piperidine rings is 1. The van der Waals surface area contributed by atoms with Crippen molar-refractivity contribution in [1.29, 1.82) is 0 Å². The lowest BCUT2D eigenvalue weighted by atomic mass is 9.98. The van der Waals surface area contributed by atoms with E-state index in [1.807, 2.05) is 11.8 Å². The molecule has 4 rings (SSSR count). The smallest absolute Gasteiger partial charge is 0.367 e. The molecule has 1 saturated heterocycles. The molecule has 12 heteroatoms. The van der Waals surface area contributed by atoms with Gasteiger partial charge in [0.25, 0.3) is 0 Å². The van der Waals surface area contributed by atoms with Crippen LogP contribution < -0.4 is 10.2 Å². The fourth-order valence-electron chi connectivity index (χ4n) is 4.49. The lowest BCUT2D eigenvalue weighted by Crippen LogP contribution is -2.39. The highest BCUT2D eigenvalue weighted by molar-refractivity contribution is 7.88. The van der Waals surface area contributed by atoms with Crippen LogP contribution in [0.2, 0.25) is 0 Å². The quantitative estimate of drug-likeness (QED) is 0.524. The first-order valence-corrected chi connectivity index (χ1v) is 13.4. The summed E-state index contributed by atoms with van der Waals surface area (Å²) in [4.78, 5) is 10.1. The van der Waals surface area contributed by atoms with E-state index >= 15 is 4.39 Å². The molecule has 2 heterocycles. The van der Waals surface area contributed by atoms with Crippen LogP contribution in [0, 0.1) is 11.7 Å². The molecule has 1 aliphatic carbocycles. The largest absolute Gasteiger partial charge is 0.416 e. The molecule has 1 aliphatic heterocycles. The minimum atomic E-state index is -4.42. The molecular formula is C23H29F4N5O2S. The standard InChI is InChI=1S/C23H29F4N5O2S/c1-15(17-3-5-18(6-4-17)23(25,26)27)32(19-7-8-19)22-20(24)21(29-14-30-22)28-13-16-9-11-31(12-10-16)35(2,33)34/h3-6,14-16,19H,7-13H2,1-2H3,(H,28,29,30). The Morgan fingerprint density at radius 3 is 2.29 bits per heavy atom. The van der Waals surface area contributed by atoms with E-state index in [-0.39, 0.29) is 29.6 Å². The van der Waals surface area contributed by atoms with E-state index in [4.69, 9.17) is 0 Å². The van der Waals surface area contributed by atoms with Gasteiger partial charge in [0.2, 0.25) is 15.8 Å². The molecule has 1 N–H and O–H groups in total. The summed E-state index contributed by atoms with van der Waals surface area (Å²) < 4.78 is 79.2. The second kappa shape index (κ2) is 9.88. The van der Waals surface area contributed by atoms with Gasteiger partial charge in [-0.05, 0) is 56.2 Å². The summed E-state index contributed by atoms with van der Waals surface area (Å²) in [6.45, 7) is 3.14. The number of hydrogen-bond acceptors (Lipinski definition) is 6. The molecule has 1 aromatic heterocycles. The number of nitrogens with one attached hydrogen (secondary N) is 1. The summed E-state index contributed by atoms with van der Waals surface area (Å²) in [6, 6.07) is 4.57. The number of halogens is 4. The average molecular weight is 516 g/mol. The van der Waals surface area contributed by atoms with E-state index in [0.717, 1.165) is 25.0 Å². The number of benzene rings is 1. The van der Waals surface area contributed by atoms with Crippen molar-refractivity contribution in [2.24, 2.45) is 5.92 Å². The van der Waals surface area contributed by atoms with Crippen LogP contribution in [0.1, 0.15) is 49.8 Å². The Balaban J connectivity index is 1.47. The molecule has 1 saturated carbocycles. The summed E-state index contributed by atoms with van der Waals surface area (Å²) >= 11 is 0. The van der Waals surface area contributed by atoms with Crippen molar-refractivity contribution in [1.82, 2.24) is 14.3 Å². The van der Waals surface area contributed by atoms with Gasteiger partial charge >= 0.3 is 6.18 Å². The van der Waals surface area contributed by atoms with Crippen molar-refractivity contribution < 1.29 is 26.0 Å². The fourth-order valence-corrected chi connectivity index (χ4v) is 5.36. The Bertz CT molecular complexity index is 1130. The Morgan fingerprint density at radius 2 is 1.74 bits per heavy atom. The second-order valence-corrected chi connectivity index (χ2v) is 11.3. The minimum absolute atomic E-state index is 0.0462. The third-order valence-electron chi connectivity index (χ3n) is 6.69. The van der Waals surface area contributed by atoms with Crippen LogP contribution >= 0.6 is 0 Å². The summed E-state index contributed by atoms with van der Waals surface area (Å²) in [6.07, 6.45) is 1.07. The number of hydrogen-bond donors (Lipinski definition) is 1. The topological polar surface area (TPSA) is 78.4 Å². The van der Waals surface area contributed by atoms with Gasteiger partial charge in [-0.1, -0.05) is 12.1 Å². The molecule has 2 aliphatic rings. The number of anilines is 2. The highest BCUT2D eigenvalue weighted by atomic mass is 32.2. The number of aromatic nitrogens is 2. The van der Waals surface area contributed by atoms with Crippen molar-refractivity contribution in [2.75, 3.05) is 36.1 Å². The highest BCUT2D eigenvalue weighted by Crippen LogP contribution is 2.40. The minimum Gasteiger partial charge on any atom is -0.367 e. The summed E-state index contributed by atoms with van der Waals surface area (Å²) in [5.41, 5.74) is -0.0939. The predicted molar refractivity (Wildman–Crippen MR) is 125 cm³/mol. The van der Waals surface area contributed by atoms with Crippen LogP contribution in [0.4, 0.5) is 29.2 Å². The summed E-state index contributed by atoms with van der Waals surface area (Å²) in [5, 5.41) is 3.05. The Morgan fingerprint density at radius 1 is 1.11 bits per heavy atom. The van der Waals surface area contributed by atoms with Crippen LogP contribution in [-0.4, -0.2) is 54.6 Å². The van der Waals surface area contributed by atoms with Gasteiger partial charge in [-0.2, -0.15) is 17.6 Å². The van der Waals surface area contributed by atoms with E-state index in [1.165, 1.54) is 29.0 Å². The monoisotopic (exact) mass is 515 g/mol. The third-order valence-corrected chi connectivity index (χ3v) is 8.00.